The van der Waals surface area contributed by atoms with E-state index in [1.807, 2.05) is 0 Å². The topological polar surface area (TPSA) is 53.0 Å². The molecule has 0 aromatic rings. The van der Waals surface area contributed by atoms with Gasteiger partial charge in [0.1, 0.15) is 0 Å². The highest BCUT2D eigenvalue weighted by Crippen LogP contribution is 2.26. The molecule has 21 heavy (non-hydrogen) atoms. The monoisotopic (exact) mass is 298 g/mol. The minimum atomic E-state index is -0.711. The molecule has 0 aromatic heterocycles. The maximum absolute atomic E-state index is 11.4. The minimum Gasteiger partial charge on any atom is -0.481 e. The third kappa shape index (κ3) is 4.18. The zero-order valence-electron chi connectivity index (χ0n) is 13.5. The Hall–Kier alpha value is -0.650. The van der Waals surface area contributed by atoms with Crippen LogP contribution in [0, 0.1) is 5.92 Å². The van der Waals surface area contributed by atoms with Crippen molar-refractivity contribution in [3.63, 3.8) is 0 Å². The Labute approximate surface area is 128 Å². The van der Waals surface area contributed by atoms with E-state index in [2.05, 4.69) is 23.6 Å². The number of carbonyl (C=O) groups is 1. The van der Waals surface area contributed by atoms with E-state index in [1.165, 1.54) is 32.4 Å². The van der Waals surface area contributed by atoms with Gasteiger partial charge in [-0.1, -0.05) is 13.8 Å². The molecular weight excluding hydrogens is 268 g/mol. The summed E-state index contributed by atoms with van der Waals surface area (Å²) in [4.78, 5) is 16.4. The Balaban J connectivity index is 1.98. The minimum absolute atomic E-state index is 0.0511. The Morgan fingerprint density at radius 3 is 2.76 bits per heavy atom. The molecule has 2 heterocycles. The molecule has 0 amide bonds. The van der Waals surface area contributed by atoms with Gasteiger partial charge in [0.05, 0.1) is 19.1 Å². The number of aliphatic carboxylic acids is 1. The molecule has 122 valence electrons. The maximum atomic E-state index is 11.4. The van der Waals surface area contributed by atoms with E-state index in [9.17, 15) is 9.90 Å². The number of hydrogen-bond acceptors (Lipinski definition) is 4. The van der Waals surface area contributed by atoms with Gasteiger partial charge in [-0.15, -0.1) is 0 Å². The van der Waals surface area contributed by atoms with Crippen molar-refractivity contribution in [1.82, 2.24) is 9.80 Å². The molecule has 0 aliphatic carbocycles. The molecule has 0 bridgehead atoms. The molecule has 3 atom stereocenters. The lowest BCUT2D eigenvalue weighted by Crippen LogP contribution is -2.48. The summed E-state index contributed by atoms with van der Waals surface area (Å²) in [6.07, 6.45) is 4.75. The molecule has 0 saturated carbocycles. The molecule has 0 aromatic carbocycles. The van der Waals surface area contributed by atoms with Gasteiger partial charge in [-0.3, -0.25) is 9.69 Å². The van der Waals surface area contributed by atoms with E-state index >= 15 is 0 Å². The van der Waals surface area contributed by atoms with E-state index in [1.54, 1.807) is 0 Å². The third-order valence-electron chi connectivity index (χ3n) is 4.96. The molecule has 5 heteroatoms. The zero-order valence-corrected chi connectivity index (χ0v) is 13.5. The predicted octanol–water partition coefficient (Wildman–Crippen LogP) is 1.67. The van der Waals surface area contributed by atoms with Crippen molar-refractivity contribution in [2.75, 3.05) is 39.4 Å². The van der Waals surface area contributed by atoms with E-state index in [-0.39, 0.29) is 12.0 Å². The molecular formula is C16H30N2O3. The molecule has 2 saturated heterocycles. The molecule has 2 rings (SSSR count). The van der Waals surface area contributed by atoms with Gasteiger partial charge in [-0.25, -0.2) is 0 Å². The van der Waals surface area contributed by atoms with Crippen molar-refractivity contribution in [2.45, 2.75) is 51.6 Å². The normalized spacial score (nSPS) is 31.5. The molecule has 0 spiro atoms. The summed E-state index contributed by atoms with van der Waals surface area (Å²) in [7, 11) is 0. The lowest BCUT2D eigenvalue weighted by Gasteiger charge is -2.36. The van der Waals surface area contributed by atoms with Gasteiger partial charge < -0.3 is 14.7 Å². The highest BCUT2D eigenvalue weighted by molar-refractivity contribution is 5.71. The van der Waals surface area contributed by atoms with Gasteiger partial charge >= 0.3 is 5.97 Å². The quantitative estimate of drug-likeness (QED) is 0.808. The third-order valence-corrected chi connectivity index (χ3v) is 4.96. The summed E-state index contributed by atoms with van der Waals surface area (Å²) >= 11 is 0. The van der Waals surface area contributed by atoms with Crippen LogP contribution in [0.25, 0.3) is 0 Å². The van der Waals surface area contributed by atoms with Gasteiger partial charge in [-0.05, 0) is 51.9 Å². The van der Waals surface area contributed by atoms with Crippen LogP contribution in [0.4, 0.5) is 0 Å². The Bertz CT molecular complexity index is 337. The maximum Gasteiger partial charge on any atom is 0.310 e. The van der Waals surface area contributed by atoms with Crippen molar-refractivity contribution < 1.29 is 14.6 Å². The van der Waals surface area contributed by atoms with E-state index in [4.69, 9.17) is 4.74 Å². The first-order valence-corrected chi connectivity index (χ1v) is 8.46. The average molecular weight is 298 g/mol. The van der Waals surface area contributed by atoms with Crippen LogP contribution in [0.2, 0.25) is 0 Å². The van der Waals surface area contributed by atoms with Crippen molar-refractivity contribution >= 4 is 5.97 Å². The first kappa shape index (κ1) is 16.7. The standard InChI is InChI=1S/C16H30N2O3/c1-3-8-17-9-5-6-13(7-10-17)18(4-2)15-12-21-11-14(15)16(19)20/h13-15H,3-12H2,1-2H3,(H,19,20). The number of rotatable bonds is 6. The Morgan fingerprint density at radius 2 is 2.10 bits per heavy atom. The fourth-order valence-corrected chi connectivity index (χ4v) is 3.88. The Morgan fingerprint density at radius 1 is 1.29 bits per heavy atom. The Kier molecular flexibility index (Phi) is 6.45. The van der Waals surface area contributed by atoms with Crippen molar-refractivity contribution in [3.8, 4) is 0 Å². The van der Waals surface area contributed by atoms with Crippen LogP contribution in [-0.4, -0.2) is 72.4 Å². The number of likely N-dealkylation sites (tertiary alicyclic amines) is 1. The molecule has 1 N–H and O–H groups in total. The highest BCUT2D eigenvalue weighted by atomic mass is 16.5. The zero-order chi connectivity index (χ0) is 15.2. The van der Waals surface area contributed by atoms with E-state index in [0.29, 0.717) is 19.3 Å². The first-order valence-electron chi connectivity index (χ1n) is 8.46. The smallest absolute Gasteiger partial charge is 0.310 e. The lowest BCUT2D eigenvalue weighted by molar-refractivity contribution is -0.143. The van der Waals surface area contributed by atoms with E-state index in [0.717, 1.165) is 19.5 Å². The van der Waals surface area contributed by atoms with Crippen LogP contribution in [0.15, 0.2) is 0 Å². The summed E-state index contributed by atoms with van der Waals surface area (Å²) in [5.74, 6) is -1.07. The van der Waals surface area contributed by atoms with Gasteiger partial charge in [0, 0.05) is 12.1 Å². The molecule has 2 aliphatic rings. The van der Waals surface area contributed by atoms with Gasteiger partial charge in [0.25, 0.3) is 0 Å². The van der Waals surface area contributed by atoms with Crippen molar-refractivity contribution in [2.24, 2.45) is 5.92 Å². The highest BCUT2D eigenvalue weighted by Gasteiger charge is 2.40. The average Bonchev–Trinajstić information content (AvgIpc) is 2.83. The van der Waals surface area contributed by atoms with Crippen LogP contribution in [0.3, 0.4) is 0 Å². The van der Waals surface area contributed by atoms with Crippen molar-refractivity contribution in [1.29, 1.82) is 0 Å². The number of ether oxygens (including phenoxy) is 1. The lowest BCUT2D eigenvalue weighted by atomic mass is 9.98. The van der Waals surface area contributed by atoms with Crippen LogP contribution < -0.4 is 0 Å². The second-order valence-corrected chi connectivity index (χ2v) is 6.31. The molecule has 2 fully saturated rings. The summed E-state index contributed by atoms with van der Waals surface area (Å²) in [6.45, 7) is 9.73. The second-order valence-electron chi connectivity index (χ2n) is 6.31. The van der Waals surface area contributed by atoms with Gasteiger partial charge in [0.2, 0.25) is 0 Å². The number of hydrogen-bond donors (Lipinski definition) is 1. The van der Waals surface area contributed by atoms with Crippen LogP contribution in [0.1, 0.15) is 39.5 Å². The number of nitrogens with zero attached hydrogens (tertiary/aromatic N) is 2. The largest absolute Gasteiger partial charge is 0.481 e. The number of likely N-dealkylation sites (N-methyl/N-ethyl adjacent to an activating group) is 1. The van der Waals surface area contributed by atoms with Crippen molar-refractivity contribution in [3.05, 3.63) is 0 Å². The molecule has 5 nitrogen and oxygen atoms in total. The fourth-order valence-electron chi connectivity index (χ4n) is 3.88. The summed E-state index contributed by atoms with van der Waals surface area (Å²) in [5.41, 5.74) is 0. The first-order chi connectivity index (χ1) is 10.2. The predicted molar refractivity (Wildman–Crippen MR) is 82.5 cm³/mol. The molecule has 3 unspecified atom stereocenters. The summed E-state index contributed by atoms with van der Waals surface area (Å²) in [6, 6.07) is 0.556. The van der Waals surface area contributed by atoms with Crippen LogP contribution >= 0.6 is 0 Å². The van der Waals surface area contributed by atoms with Crippen LogP contribution in [-0.2, 0) is 9.53 Å². The second kappa shape index (κ2) is 8.11. The molecule has 2 aliphatic heterocycles. The number of carboxylic acid groups (broad SMARTS) is 1. The molecule has 0 radical (unpaired) electrons. The summed E-state index contributed by atoms with van der Waals surface area (Å²) < 4.78 is 5.46. The fraction of sp³-hybridized carbons (Fsp3) is 0.938. The van der Waals surface area contributed by atoms with Crippen LogP contribution in [0.5, 0.6) is 0 Å². The summed E-state index contributed by atoms with van der Waals surface area (Å²) in [5, 5.41) is 9.38. The van der Waals surface area contributed by atoms with Gasteiger partial charge in [-0.2, -0.15) is 0 Å². The SMILES string of the molecule is CCCN1CCCC(N(CC)C2COCC2C(=O)O)CC1. The number of carboxylic acids is 1. The van der Waals surface area contributed by atoms with Gasteiger partial charge in [0.15, 0.2) is 0 Å². The van der Waals surface area contributed by atoms with E-state index < -0.39 is 5.97 Å².